The maximum atomic E-state index is 12.4. The van der Waals surface area contributed by atoms with Crippen LogP contribution in [0.3, 0.4) is 0 Å². The first-order chi connectivity index (χ1) is 11.7. The van der Waals surface area contributed by atoms with E-state index in [0.717, 1.165) is 48.7 Å². The number of hydrogen-bond donors (Lipinski definition) is 3. The van der Waals surface area contributed by atoms with Gasteiger partial charge in [0.05, 0.1) is 0 Å². The van der Waals surface area contributed by atoms with Crippen molar-refractivity contribution in [3.63, 3.8) is 0 Å². The van der Waals surface area contributed by atoms with Crippen molar-refractivity contribution >= 4 is 11.7 Å². The van der Waals surface area contributed by atoms with E-state index in [9.17, 15) is 4.79 Å². The molecule has 3 heterocycles. The number of aromatic amines is 1. The molecule has 0 spiro atoms. The van der Waals surface area contributed by atoms with Crippen LogP contribution in [0.5, 0.6) is 0 Å². The van der Waals surface area contributed by atoms with Gasteiger partial charge in [-0.05, 0) is 25.5 Å². The lowest BCUT2D eigenvalue weighted by atomic mass is 10.1. The van der Waals surface area contributed by atoms with Crippen LogP contribution in [0.2, 0.25) is 0 Å². The monoisotopic (exact) mass is 328 g/mol. The smallest absolute Gasteiger partial charge is 0.272 e. The highest BCUT2D eigenvalue weighted by atomic mass is 16.1. The predicted octanol–water partition coefficient (Wildman–Crippen LogP) is 1.23. The van der Waals surface area contributed by atoms with Crippen LogP contribution in [0.1, 0.15) is 41.2 Å². The summed E-state index contributed by atoms with van der Waals surface area (Å²) in [6, 6.07) is 4.00. The number of anilines is 1. The van der Waals surface area contributed by atoms with Gasteiger partial charge in [0.25, 0.3) is 5.91 Å². The van der Waals surface area contributed by atoms with Crippen LogP contribution in [0.15, 0.2) is 18.3 Å². The van der Waals surface area contributed by atoms with E-state index in [4.69, 9.17) is 0 Å². The minimum atomic E-state index is -0.149. The highest BCUT2D eigenvalue weighted by molar-refractivity contribution is 5.94. The minimum Gasteiger partial charge on any atom is -0.357 e. The molecule has 0 radical (unpaired) electrons. The summed E-state index contributed by atoms with van der Waals surface area (Å²) in [6.07, 6.45) is 2.70. The van der Waals surface area contributed by atoms with E-state index in [1.807, 2.05) is 18.3 Å². The molecule has 1 aliphatic rings. The summed E-state index contributed by atoms with van der Waals surface area (Å²) in [5.74, 6) is 0.812. The molecule has 0 unspecified atom stereocenters. The van der Waals surface area contributed by atoms with Gasteiger partial charge in [0.2, 0.25) is 0 Å². The quantitative estimate of drug-likeness (QED) is 0.742. The summed E-state index contributed by atoms with van der Waals surface area (Å²) in [7, 11) is 0. The number of rotatable bonds is 6. The summed E-state index contributed by atoms with van der Waals surface area (Å²) in [6.45, 7) is 8.13. The van der Waals surface area contributed by atoms with Gasteiger partial charge in [-0.15, -0.1) is 0 Å². The van der Waals surface area contributed by atoms with Crippen LogP contribution in [-0.4, -0.2) is 40.7 Å². The van der Waals surface area contributed by atoms with Gasteiger partial charge in [-0.25, -0.2) is 4.98 Å². The maximum Gasteiger partial charge on any atom is 0.272 e. The number of carbonyl (C=O) groups excluding carboxylic acids is 1. The minimum absolute atomic E-state index is 0.149. The molecule has 0 aliphatic carbocycles. The molecule has 1 amide bonds. The van der Waals surface area contributed by atoms with E-state index in [-0.39, 0.29) is 5.91 Å². The second-order valence-electron chi connectivity index (χ2n) is 5.84. The molecule has 24 heavy (non-hydrogen) atoms. The van der Waals surface area contributed by atoms with Gasteiger partial charge >= 0.3 is 0 Å². The molecule has 3 N–H and O–H groups in total. The van der Waals surface area contributed by atoms with Crippen LogP contribution < -0.4 is 15.5 Å². The van der Waals surface area contributed by atoms with Crippen molar-refractivity contribution < 1.29 is 4.79 Å². The van der Waals surface area contributed by atoms with Crippen molar-refractivity contribution in [2.45, 2.75) is 33.4 Å². The lowest BCUT2D eigenvalue weighted by molar-refractivity contribution is 0.0944. The molecule has 0 fully saturated rings. The van der Waals surface area contributed by atoms with Crippen LogP contribution in [0.25, 0.3) is 0 Å². The topological polar surface area (TPSA) is 85.9 Å². The Morgan fingerprint density at radius 2 is 2.17 bits per heavy atom. The molecule has 0 saturated heterocycles. The number of fused-ring (bicyclic) bond motifs is 1. The molecule has 0 bridgehead atoms. The van der Waals surface area contributed by atoms with E-state index in [2.05, 4.69) is 44.6 Å². The number of aromatic nitrogens is 3. The number of carbonyl (C=O) groups is 1. The second kappa shape index (κ2) is 7.44. The Morgan fingerprint density at radius 3 is 2.88 bits per heavy atom. The van der Waals surface area contributed by atoms with Crippen molar-refractivity contribution in [1.29, 1.82) is 0 Å². The first-order valence-corrected chi connectivity index (χ1v) is 8.47. The highest BCUT2D eigenvalue weighted by Crippen LogP contribution is 2.15. The third-order valence-corrected chi connectivity index (χ3v) is 4.37. The fourth-order valence-corrected chi connectivity index (χ4v) is 2.94. The number of hydrogen-bond acceptors (Lipinski definition) is 5. The van der Waals surface area contributed by atoms with Crippen molar-refractivity contribution in [3.05, 3.63) is 40.8 Å². The Kier molecular flexibility index (Phi) is 5.10. The zero-order valence-corrected chi connectivity index (χ0v) is 14.2. The molecular formula is C17H24N6O. The highest BCUT2D eigenvalue weighted by Gasteiger charge is 2.21. The summed E-state index contributed by atoms with van der Waals surface area (Å²) in [5.41, 5.74) is 3.50. The van der Waals surface area contributed by atoms with E-state index in [0.29, 0.717) is 18.8 Å². The number of pyridine rings is 1. The number of amides is 1. The zero-order valence-electron chi connectivity index (χ0n) is 14.2. The molecule has 7 nitrogen and oxygen atoms in total. The molecule has 128 valence electrons. The van der Waals surface area contributed by atoms with Crippen LogP contribution >= 0.6 is 0 Å². The summed E-state index contributed by atoms with van der Waals surface area (Å²) < 4.78 is 0. The molecular weight excluding hydrogens is 304 g/mol. The summed E-state index contributed by atoms with van der Waals surface area (Å²) >= 11 is 0. The van der Waals surface area contributed by atoms with Crippen LogP contribution in [-0.2, 0) is 19.5 Å². The largest absolute Gasteiger partial charge is 0.357 e. The Hall–Kier alpha value is -2.41. The van der Waals surface area contributed by atoms with Gasteiger partial charge in [-0.2, -0.15) is 5.10 Å². The molecule has 1 aliphatic heterocycles. The predicted molar refractivity (Wildman–Crippen MR) is 93.0 cm³/mol. The standard InChI is InChI=1S/C17H24N6O/c1-3-23(4-2)15-6-5-12(9-19-15)10-20-17(24)16-13-11-18-8-7-14(13)21-22-16/h5-6,9,18H,3-4,7-8,10-11H2,1-2H3,(H,20,24)(H,21,22). The molecule has 2 aromatic heterocycles. The van der Waals surface area contributed by atoms with Crippen molar-refractivity contribution in [2.24, 2.45) is 0 Å². The number of H-pyrrole nitrogens is 1. The molecule has 0 atom stereocenters. The normalized spacial score (nSPS) is 13.4. The molecule has 0 aromatic carbocycles. The van der Waals surface area contributed by atoms with Gasteiger partial charge in [-0.1, -0.05) is 6.07 Å². The van der Waals surface area contributed by atoms with Gasteiger partial charge < -0.3 is 15.5 Å². The third-order valence-electron chi connectivity index (χ3n) is 4.37. The van der Waals surface area contributed by atoms with Crippen molar-refractivity contribution in [1.82, 2.24) is 25.8 Å². The van der Waals surface area contributed by atoms with E-state index < -0.39 is 0 Å². The Labute approximate surface area is 141 Å². The summed E-state index contributed by atoms with van der Waals surface area (Å²) in [4.78, 5) is 19.0. The number of nitrogens with one attached hydrogen (secondary N) is 3. The first-order valence-electron chi connectivity index (χ1n) is 8.47. The SMILES string of the molecule is CCN(CC)c1ccc(CNC(=O)c2n[nH]c3c2CNCC3)cn1. The van der Waals surface area contributed by atoms with Gasteiger partial charge in [-0.3, -0.25) is 9.89 Å². The Morgan fingerprint density at radius 1 is 1.33 bits per heavy atom. The van der Waals surface area contributed by atoms with E-state index >= 15 is 0 Å². The second-order valence-corrected chi connectivity index (χ2v) is 5.84. The van der Waals surface area contributed by atoms with Gasteiger partial charge in [0.15, 0.2) is 5.69 Å². The lowest BCUT2D eigenvalue weighted by Gasteiger charge is -2.19. The molecule has 2 aromatic rings. The van der Waals surface area contributed by atoms with E-state index in [1.54, 1.807) is 0 Å². The van der Waals surface area contributed by atoms with E-state index in [1.165, 1.54) is 0 Å². The molecule has 7 heteroatoms. The first kappa shape index (κ1) is 16.4. The Balaban J connectivity index is 1.61. The fourth-order valence-electron chi connectivity index (χ4n) is 2.94. The van der Waals surface area contributed by atoms with Crippen LogP contribution in [0, 0.1) is 0 Å². The van der Waals surface area contributed by atoms with Crippen molar-refractivity contribution in [3.8, 4) is 0 Å². The van der Waals surface area contributed by atoms with Gasteiger partial charge in [0.1, 0.15) is 5.82 Å². The molecule has 3 rings (SSSR count). The van der Waals surface area contributed by atoms with Gasteiger partial charge in [0, 0.05) is 56.6 Å². The van der Waals surface area contributed by atoms with Crippen LogP contribution in [0.4, 0.5) is 5.82 Å². The lowest BCUT2D eigenvalue weighted by Crippen LogP contribution is -2.28. The maximum absolute atomic E-state index is 12.4. The average molecular weight is 328 g/mol. The third kappa shape index (κ3) is 3.41. The molecule has 0 saturated carbocycles. The summed E-state index contributed by atoms with van der Waals surface area (Å²) in [5, 5.41) is 13.3. The van der Waals surface area contributed by atoms with Crippen molar-refractivity contribution in [2.75, 3.05) is 24.5 Å². The average Bonchev–Trinajstić information content (AvgIpc) is 3.06. The Bertz CT molecular complexity index is 690. The fraction of sp³-hybridized carbons (Fsp3) is 0.471. The number of nitrogens with zero attached hydrogens (tertiary/aromatic N) is 3. The zero-order chi connectivity index (χ0) is 16.9.